The molecule has 0 fully saturated rings. The van der Waals surface area contributed by atoms with Gasteiger partial charge in [0.2, 0.25) is 21.8 Å². The van der Waals surface area contributed by atoms with E-state index >= 15 is 0 Å². The highest BCUT2D eigenvalue weighted by molar-refractivity contribution is 7.89. The van der Waals surface area contributed by atoms with Crippen LogP contribution in [0.3, 0.4) is 0 Å². The van der Waals surface area contributed by atoms with E-state index in [0.29, 0.717) is 11.1 Å². The number of benzene rings is 2. The summed E-state index contributed by atoms with van der Waals surface area (Å²) in [5.74, 6) is 0.0730. The van der Waals surface area contributed by atoms with Crippen molar-refractivity contribution in [2.24, 2.45) is 0 Å². The molecule has 0 unspecified atom stereocenters. The van der Waals surface area contributed by atoms with Gasteiger partial charge in [0.15, 0.2) is 0 Å². The minimum atomic E-state index is -3.57. The van der Waals surface area contributed by atoms with Crippen LogP contribution in [0.2, 0.25) is 0 Å². The van der Waals surface area contributed by atoms with E-state index in [9.17, 15) is 12.8 Å². The summed E-state index contributed by atoms with van der Waals surface area (Å²) < 4.78 is 44.4. The number of aryl methyl sites for hydroxylation is 1. The van der Waals surface area contributed by atoms with Crippen LogP contribution in [0.15, 0.2) is 51.8 Å². The van der Waals surface area contributed by atoms with Gasteiger partial charge < -0.3 is 4.42 Å². The molecule has 1 heterocycles. The number of hydrogen-bond donors (Lipinski definition) is 0. The molecule has 0 spiro atoms. The lowest BCUT2D eigenvalue weighted by Gasteiger charge is -2.12. The highest BCUT2D eigenvalue weighted by Gasteiger charge is 2.20. The first kappa shape index (κ1) is 17.2. The van der Waals surface area contributed by atoms with Gasteiger partial charge in [-0.2, -0.15) is 0 Å². The van der Waals surface area contributed by atoms with Crippen LogP contribution in [0, 0.1) is 12.7 Å². The topological polar surface area (TPSA) is 76.3 Å². The fraction of sp³-hybridized carbons (Fsp3) is 0.176. The fourth-order valence-corrected chi connectivity index (χ4v) is 3.17. The summed E-state index contributed by atoms with van der Waals surface area (Å²) in [6, 6.07) is 10.4. The summed E-state index contributed by atoms with van der Waals surface area (Å²) in [6.45, 7) is 1.82. The molecule has 0 aliphatic rings. The first-order chi connectivity index (χ1) is 11.8. The third-order valence-corrected chi connectivity index (χ3v) is 5.55. The Kier molecular flexibility index (Phi) is 4.40. The molecule has 0 amide bonds. The summed E-state index contributed by atoms with van der Waals surface area (Å²) >= 11 is 0. The Morgan fingerprint density at radius 3 is 2.28 bits per heavy atom. The summed E-state index contributed by atoms with van der Waals surface area (Å²) in [5.41, 5.74) is 1.91. The molecule has 0 bridgehead atoms. The van der Waals surface area contributed by atoms with Crippen molar-refractivity contribution in [2.75, 3.05) is 14.1 Å². The van der Waals surface area contributed by atoms with E-state index in [4.69, 9.17) is 4.42 Å². The first-order valence-corrected chi connectivity index (χ1v) is 8.86. The van der Waals surface area contributed by atoms with E-state index in [0.717, 1.165) is 9.87 Å². The van der Waals surface area contributed by atoms with Crippen LogP contribution in [0.5, 0.6) is 0 Å². The van der Waals surface area contributed by atoms with Crippen molar-refractivity contribution in [2.45, 2.75) is 11.8 Å². The highest BCUT2D eigenvalue weighted by Crippen LogP contribution is 2.29. The Labute approximate surface area is 145 Å². The lowest BCUT2D eigenvalue weighted by Crippen LogP contribution is -2.22. The van der Waals surface area contributed by atoms with Crippen LogP contribution in [0.4, 0.5) is 4.39 Å². The Bertz CT molecular complexity index is 1010. The van der Waals surface area contributed by atoms with E-state index in [1.54, 1.807) is 6.07 Å². The molecule has 6 nitrogen and oxygen atoms in total. The minimum absolute atomic E-state index is 0.139. The van der Waals surface area contributed by atoms with Gasteiger partial charge in [0, 0.05) is 25.2 Å². The van der Waals surface area contributed by atoms with Crippen molar-refractivity contribution in [3.63, 3.8) is 0 Å². The molecule has 3 aromatic rings. The predicted octanol–water partition coefficient (Wildman–Crippen LogP) is 3.10. The molecule has 3 rings (SSSR count). The molecule has 0 saturated heterocycles. The SMILES string of the molecule is Cc1ccc(S(=O)(=O)N(C)C)cc1-c1nnc(-c2ccc(F)cc2)o1. The van der Waals surface area contributed by atoms with Gasteiger partial charge in [-0.15, -0.1) is 10.2 Å². The first-order valence-electron chi connectivity index (χ1n) is 7.42. The average molecular weight is 361 g/mol. The summed E-state index contributed by atoms with van der Waals surface area (Å²) in [4.78, 5) is 0.139. The maximum Gasteiger partial charge on any atom is 0.248 e. The maximum atomic E-state index is 13.0. The molecule has 0 N–H and O–H groups in total. The van der Waals surface area contributed by atoms with Crippen LogP contribution in [-0.4, -0.2) is 37.0 Å². The molecule has 130 valence electrons. The third kappa shape index (κ3) is 3.31. The molecule has 1 aromatic heterocycles. The zero-order valence-electron chi connectivity index (χ0n) is 13.9. The smallest absolute Gasteiger partial charge is 0.248 e. The van der Waals surface area contributed by atoms with Gasteiger partial charge in [0.25, 0.3) is 0 Å². The summed E-state index contributed by atoms with van der Waals surface area (Å²) in [6.07, 6.45) is 0. The number of halogens is 1. The molecule has 25 heavy (non-hydrogen) atoms. The van der Waals surface area contributed by atoms with E-state index in [1.807, 2.05) is 6.92 Å². The lowest BCUT2D eigenvalue weighted by atomic mass is 10.1. The largest absolute Gasteiger partial charge is 0.416 e. The van der Waals surface area contributed by atoms with Crippen molar-refractivity contribution in [3.8, 4) is 22.9 Å². The molecule has 0 aliphatic carbocycles. The number of sulfonamides is 1. The average Bonchev–Trinajstić information content (AvgIpc) is 3.05. The fourth-order valence-electron chi connectivity index (χ4n) is 2.24. The molecule has 0 aliphatic heterocycles. The Morgan fingerprint density at radius 1 is 1.00 bits per heavy atom. The van der Waals surface area contributed by atoms with Crippen molar-refractivity contribution < 1.29 is 17.2 Å². The van der Waals surface area contributed by atoms with Gasteiger partial charge in [-0.1, -0.05) is 6.07 Å². The normalized spacial score (nSPS) is 11.9. The number of hydrogen-bond acceptors (Lipinski definition) is 5. The Morgan fingerprint density at radius 2 is 1.64 bits per heavy atom. The van der Waals surface area contributed by atoms with Gasteiger partial charge >= 0.3 is 0 Å². The zero-order chi connectivity index (χ0) is 18.2. The molecular weight excluding hydrogens is 345 g/mol. The molecule has 8 heteroatoms. The molecule has 0 atom stereocenters. The van der Waals surface area contributed by atoms with E-state index in [-0.39, 0.29) is 22.5 Å². The third-order valence-electron chi connectivity index (χ3n) is 3.73. The molecular formula is C17H16FN3O3S. The summed E-state index contributed by atoms with van der Waals surface area (Å²) in [5, 5.41) is 7.96. The monoisotopic (exact) mass is 361 g/mol. The highest BCUT2D eigenvalue weighted by atomic mass is 32.2. The van der Waals surface area contributed by atoms with Gasteiger partial charge in [0.05, 0.1) is 4.90 Å². The van der Waals surface area contributed by atoms with Crippen molar-refractivity contribution in [1.82, 2.24) is 14.5 Å². The quantitative estimate of drug-likeness (QED) is 0.714. The number of nitrogens with zero attached hydrogens (tertiary/aromatic N) is 3. The Hall–Kier alpha value is -2.58. The van der Waals surface area contributed by atoms with E-state index in [1.165, 1.54) is 50.5 Å². The Balaban J connectivity index is 2.04. The summed E-state index contributed by atoms with van der Waals surface area (Å²) in [7, 11) is -0.640. The van der Waals surface area contributed by atoms with Gasteiger partial charge in [-0.05, 0) is 48.9 Å². The second-order valence-corrected chi connectivity index (χ2v) is 7.84. The number of aromatic nitrogens is 2. The minimum Gasteiger partial charge on any atom is -0.416 e. The lowest BCUT2D eigenvalue weighted by molar-refractivity contribution is 0.520. The maximum absolute atomic E-state index is 13.0. The second kappa shape index (κ2) is 6.38. The zero-order valence-corrected chi connectivity index (χ0v) is 14.7. The van der Waals surface area contributed by atoms with Crippen LogP contribution in [0.25, 0.3) is 22.9 Å². The van der Waals surface area contributed by atoms with Crippen molar-refractivity contribution >= 4 is 10.0 Å². The van der Waals surface area contributed by atoms with Gasteiger partial charge in [-0.25, -0.2) is 17.1 Å². The predicted molar refractivity (Wildman–Crippen MR) is 90.7 cm³/mol. The standard InChI is InChI=1S/C17H16FN3O3S/c1-11-4-9-14(25(22,23)21(2)3)10-15(11)17-20-19-16(24-17)12-5-7-13(18)8-6-12/h4-10H,1-3H3. The van der Waals surface area contributed by atoms with Crippen LogP contribution >= 0.6 is 0 Å². The van der Waals surface area contributed by atoms with E-state index < -0.39 is 10.0 Å². The van der Waals surface area contributed by atoms with Crippen LogP contribution in [0.1, 0.15) is 5.56 Å². The molecule has 0 radical (unpaired) electrons. The van der Waals surface area contributed by atoms with E-state index in [2.05, 4.69) is 10.2 Å². The van der Waals surface area contributed by atoms with Gasteiger partial charge in [0.1, 0.15) is 5.82 Å². The number of rotatable bonds is 4. The molecule has 0 saturated carbocycles. The second-order valence-electron chi connectivity index (χ2n) is 5.68. The van der Waals surface area contributed by atoms with Crippen LogP contribution in [-0.2, 0) is 10.0 Å². The van der Waals surface area contributed by atoms with Crippen molar-refractivity contribution in [1.29, 1.82) is 0 Å². The van der Waals surface area contributed by atoms with Gasteiger partial charge in [-0.3, -0.25) is 0 Å². The van der Waals surface area contributed by atoms with Crippen LogP contribution < -0.4 is 0 Å². The van der Waals surface area contributed by atoms with Crippen molar-refractivity contribution in [3.05, 3.63) is 53.8 Å². The molecule has 2 aromatic carbocycles.